The van der Waals surface area contributed by atoms with Crippen LogP contribution in [0, 0.1) is 5.92 Å². The van der Waals surface area contributed by atoms with Crippen molar-refractivity contribution in [2.24, 2.45) is 5.92 Å². The van der Waals surface area contributed by atoms with Crippen LogP contribution in [0.3, 0.4) is 0 Å². The van der Waals surface area contributed by atoms with Crippen LogP contribution in [0.2, 0.25) is 0 Å². The predicted octanol–water partition coefficient (Wildman–Crippen LogP) is 2.39. The molecule has 0 aromatic heterocycles. The maximum Gasteiger partial charge on any atom is 0.168 e. The van der Waals surface area contributed by atoms with E-state index in [9.17, 15) is 0 Å². The van der Waals surface area contributed by atoms with Gasteiger partial charge in [-0.05, 0) is 24.9 Å². The zero-order chi connectivity index (χ0) is 9.15. The Balaban J connectivity index is 1.81. The maximum absolute atomic E-state index is 5.68. The van der Waals surface area contributed by atoms with E-state index in [1.807, 2.05) is 0 Å². The van der Waals surface area contributed by atoms with Crippen LogP contribution in [0.5, 0.6) is 0 Å². The van der Waals surface area contributed by atoms with Crippen molar-refractivity contribution in [3.05, 3.63) is 0 Å². The van der Waals surface area contributed by atoms with Crippen molar-refractivity contribution in [2.45, 2.75) is 31.5 Å². The summed E-state index contributed by atoms with van der Waals surface area (Å²) in [6.45, 7) is 1.60. The lowest BCUT2D eigenvalue weighted by molar-refractivity contribution is -0.181. The highest BCUT2D eigenvalue weighted by molar-refractivity contribution is 8.02. The Kier molecular flexibility index (Phi) is 3.59. The second kappa shape index (κ2) is 4.53. The van der Waals surface area contributed by atoms with Gasteiger partial charge in [-0.1, -0.05) is 0 Å². The fraction of sp³-hybridized carbons (Fsp3) is 1.00. The van der Waals surface area contributed by atoms with Crippen LogP contribution in [0.15, 0.2) is 0 Å². The van der Waals surface area contributed by atoms with Crippen LogP contribution >= 0.6 is 17.2 Å². The normalized spacial score (nSPS) is 29.3. The molecule has 76 valence electrons. The molecule has 0 aromatic rings. The Morgan fingerprint density at radius 1 is 1.23 bits per heavy atom. The molecule has 1 aliphatic heterocycles. The van der Waals surface area contributed by atoms with Gasteiger partial charge >= 0.3 is 0 Å². The van der Waals surface area contributed by atoms with Crippen LogP contribution in [-0.4, -0.2) is 25.2 Å². The molecule has 4 heteroatoms. The lowest BCUT2D eigenvalue weighted by Crippen LogP contribution is -2.35. The topological polar surface area (TPSA) is 18.5 Å². The van der Waals surface area contributed by atoms with Gasteiger partial charge in [0.2, 0.25) is 0 Å². The average molecular weight is 220 g/mol. The Morgan fingerprint density at radius 2 is 1.85 bits per heavy atom. The third kappa shape index (κ3) is 2.42. The van der Waals surface area contributed by atoms with Gasteiger partial charge in [-0.25, -0.2) is 0 Å². The van der Waals surface area contributed by atoms with Crippen LogP contribution in [-0.2, 0) is 9.47 Å². The van der Waals surface area contributed by atoms with Gasteiger partial charge in [0, 0.05) is 12.8 Å². The monoisotopic (exact) mass is 220 g/mol. The van der Waals surface area contributed by atoms with Crippen molar-refractivity contribution < 1.29 is 9.47 Å². The Morgan fingerprint density at radius 3 is 2.38 bits per heavy atom. The predicted molar refractivity (Wildman–Crippen MR) is 59.5 cm³/mol. The minimum Gasteiger partial charge on any atom is -0.348 e. The number of hydrogen-bond acceptors (Lipinski definition) is 2. The van der Waals surface area contributed by atoms with E-state index < -0.39 is 0 Å². The van der Waals surface area contributed by atoms with Crippen molar-refractivity contribution in [1.29, 1.82) is 0 Å². The molecule has 2 fully saturated rings. The smallest absolute Gasteiger partial charge is 0.168 e. The minimum absolute atomic E-state index is 0.152. The van der Waals surface area contributed by atoms with Gasteiger partial charge in [0.05, 0.1) is 13.2 Å². The van der Waals surface area contributed by atoms with E-state index in [0.29, 0.717) is 0 Å². The van der Waals surface area contributed by atoms with Crippen molar-refractivity contribution in [3.63, 3.8) is 0 Å². The van der Waals surface area contributed by atoms with Gasteiger partial charge in [-0.15, -0.1) is 17.2 Å². The third-order valence-corrected chi connectivity index (χ3v) is 4.61. The Bertz CT molecular complexity index is 159. The molecule has 13 heavy (non-hydrogen) atoms. The summed E-state index contributed by atoms with van der Waals surface area (Å²) in [6.07, 6.45) is 6.20. The maximum atomic E-state index is 5.68. The van der Waals surface area contributed by atoms with Gasteiger partial charge in [0.1, 0.15) is 0 Å². The molecule has 2 nitrogen and oxygen atoms in total. The molecular formula is C9H18O2P2. The van der Waals surface area contributed by atoms with Gasteiger partial charge in [-0.3, -0.25) is 0 Å². The van der Waals surface area contributed by atoms with Crippen LogP contribution in [0.25, 0.3) is 0 Å². The highest BCUT2D eigenvalue weighted by Crippen LogP contribution is 2.40. The van der Waals surface area contributed by atoms with E-state index in [-0.39, 0.29) is 5.79 Å². The van der Waals surface area contributed by atoms with Gasteiger partial charge in [0.25, 0.3) is 0 Å². The molecule has 0 N–H and O–H groups in total. The van der Waals surface area contributed by atoms with Crippen molar-refractivity contribution in [1.82, 2.24) is 0 Å². The summed E-state index contributed by atoms with van der Waals surface area (Å²) in [5.74, 6) is 0.773. The van der Waals surface area contributed by atoms with E-state index >= 15 is 0 Å². The average Bonchev–Trinajstić information content (AvgIpc) is 2.59. The first kappa shape index (κ1) is 10.3. The zero-order valence-corrected chi connectivity index (χ0v) is 10.1. The molecular weight excluding hydrogens is 202 g/mol. The van der Waals surface area contributed by atoms with E-state index in [1.54, 1.807) is 0 Å². The SMILES string of the molecule is PPCC1CCC2(CC1)OCCO2. The number of ether oxygens (including phenoxy) is 2. The summed E-state index contributed by atoms with van der Waals surface area (Å²) in [4.78, 5) is 0. The first-order chi connectivity index (χ1) is 6.35. The second-order valence-corrected chi connectivity index (χ2v) is 6.00. The molecule has 1 aliphatic carbocycles. The fourth-order valence-electron chi connectivity index (χ4n) is 2.27. The van der Waals surface area contributed by atoms with Crippen LogP contribution < -0.4 is 0 Å². The minimum atomic E-state index is -0.152. The second-order valence-electron chi connectivity index (χ2n) is 3.96. The van der Waals surface area contributed by atoms with E-state index in [0.717, 1.165) is 40.2 Å². The highest BCUT2D eigenvalue weighted by Gasteiger charge is 2.39. The molecule has 1 spiro atoms. The van der Waals surface area contributed by atoms with Gasteiger partial charge in [0.15, 0.2) is 5.79 Å². The molecule has 2 atom stereocenters. The lowest BCUT2D eigenvalue weighted by Gasteiger charge is -2.35. The van der Waals surface area contributed by atoms with Crippen molar-refractivity contribution >= 4 is 17.2 Å². The third-order valence-electron chi connectivity index (χ3n) is 3.09. The van der Waals surface area contributed by atoms with Crippen molar-refractivity contribution in [3.8, 4) is 0 Å². The summed E-state index contributed by atoms with van der Waals surface area (Å²) in [6, 6.07) is 0. The fourth-order valence-corrected chi connectivity index (χ4v) is 4.02. The molecule has 2 unspecified atom stereocenters. The summed E-state index contributed by atoms with van der Waals surface area (Å²) in [5, 5.41) is 0. The summed E-state index contributed by atoms with van der Waals surface area (Å²) in [7, 11) is 3.87. The molecule has 1 saturated heterocycles. The Hall–Kier alpha value is 0.780. The first-order valence-corrected chi connectivity index (χ1v) is 8.08. The summed E-state index contributed by atoms with van der Waals surface area (Å²) < 4.78 is 11.4. The van der Waals surface area contributed by atoms with Gasteiger partial charge in [-0.2, -0.15) is 0 Å². The Labute approximate surface area is 84.0 Å². The zero-order valence-electron chi connectivity index (χ0n) is 7.92. The molecule has 0 aromatic carbocycles. The highest BCUT2D eigenvalue weighted by atomic mass is 32.0. The number of rotatable bonds is 2. The molecule has 0 bridgehead atoms. The first-order valence-electron chi connectivity index (χ1n) is 5.06. The van der Waals surface area contributed by atoms with E-state index in [1.165, 1.54) is 19.0 Å². The van der Waals surface area contributed by atoms with E-state index in [4.69, 9.17) is 9.47 Å². The summed E-state index contributed by atoms with van der Waals surface area (Å²) >= 11 is 0. The van der Waals surface area contributed by atoms with Crippen LogP contribution in [0.4, 0.5) is 0 Å². The largest absolute Gasteiger partial charge is 0.348 e. The van der Waals surface area contributed by atoms with Crippen LogP contribution in [0.1, 0.15) is 25.7 Å². The summed E-state index contributed by atoms with van der Waals surface area (Å²) in [5.41, 5.74) is 0. The molecule has 2 aliphatic rings. The number of hydrogen-bond donors (Lipinski definition) is 0. The van der Waals surface area contributed by atoms with E-state index in [2.05, 4.69) is 8.93 Å². The van der Waals surface area contributed by atoms with Gasteiger partial charge < -0.3 is 9.47 Å². The quantitative estimate of drug-likeness (QED) is 0.665. The standard InChI is InChI=1S/C9H18O2P2/c12-13-7-8-1-3-9(4-2-8)10-5-6-11-9/h8,13H,1-7,12H2. The molecule has 0 amide bonds. The van der Waals surface area contributed by atoms with Crippen molar-refractivity contribution in [2.75, 3.05) is 19.4 Å². The molecule has 1 saturated carbocycles. The molecule has 0 radical (unpaired) electrons. The molecule has 2 rings (SSSR count). The molecule has 1 heterocycles. The lowest BCUT2D eigenvalue weighted by atomic mass is 9.86.